The molecule has 118 valence electrons. The van der Waals surface area contributed by atoms with Crippen LogP contribution in [0.15, 0.2) is 23.1 Å². The van der Waals surface area contributed by atoms with Crippen molar-refractivity contribution in [2.75, 3.05) is 19.6 Å². The molecule has 1 unspecified atom stereocenters. The Morgan fingerprint density at radius 1 is 1.38 bits per heavy atom. The lowest BCUT2D eigenvalue weighted by atomic mass is 10.2. The summed E-state index contributed by atoms with van der Waals surface area (Å²) in [5, 5.41) is 9.31. The molecule has 1 aromatic carbocycles. The van der Waals surface area contributed by atoms with Crippen molar-refractivity contribution in [3.05, 3.63) is 28.8 Å². The number of likely N-dealkylation sites (tertiary alicyclic amines) is 1. The third-order valence-electron chi connectivity index (χ3n) is 3.84. The van der Waals surface area contributed by atoms with Gasteiger partial charge < -0.3 is 5.11 Å². The first-order chi connectivity index (χ1) is 9.94. The van der Waals surface area contributed by atoms with Crippen LogP contribution in [0.2, 0.25) is 5.02 Å². The zero-order valence-corrected chi connectivity index (χ0v) is 13.6. The number of aliphatic hydroxyl groups is 1. The van der Waals surface area contributed by atoms with E-state index in [1.807, 2.05) is 6.92 Å². The first-order valence-electron chi connectivity index (χ1n) is 7.07. The minimum atomic E-state index is -3.58. The highest BCUT2D eigenvalue weighted by Gasteiger charge is 2.21. The Hall–Kier alpha value is -0.660. The number of benzene rings is 1. The quantitative estimate of drug-likeness (QED) is 0.830. The second-order valence-electron chi connectivity index (χ2n) is 5.36. The number of nitrogens with zero attached hydrogens (tertiary/aromatic N) is 1. The monoisotopic (exact) mass is 332 g/mol. The SMILES string of the molecule is CC(CNS(=O)(=O)c1ccc(CO)c(Cl)c1)N1CCCC1. The van der Waals surface area contributed by atoms with Crippen LogP contribution in [0, 0.1) is 0 Å². The summed E-state index contributed by atoms with van der Waals surface area (Å²) in [6.07, 6.45) is 2.35. The van der Waals surface area contributed by atoms with Crippen LogP contribution in [0.25, 0.3) is 0 Å². The van der Waals surface area contributed by atoms with Crippen molar-refractivity contribution >= 4 is 21.6 Å². The van der Waals surface area contributed by atoms with Crippen LogP contribution in [-0.2, 0) is 16.6 Å². The molecule has 0 saturated carbocycles. The molecule has 0 aliphatic carbocycles. The van der Waals surface area contributed by atoms with Gasteiger partial charge in [0.1, 0.15) is 0 Å². The smallest absolute Gasteiger partial charge is 0.240 e. The third kappa shape index (κ3) is 4.17. The van der Waals surface area contributed by atoms with Crippen molar-refractivity contribution in [3.63, 3.8) is 0 Å². The molecule has 1 fully saturated rings. The summed E-state index contributed by atoms with van der Waals surface area (Å²) < 4.78 is 27.1. The van der Waals surface area contributed by atoms with Gasteiger partial charge in [0.2, 0.25) is 10.0 Å². The Morgan fingerprint density at radius 2 is 2.05 bits per heavy atom. The van der Waals surface area contributed by atoms with Crippen LogP contribution < -0.4 is 4.72 Å². The average Bonchev–Trinajstić information content (AvgIpc) is 2.99. The Kier molecular flexibility index (Phi) is 5.62. The highest BCUT2D eigenvalue weighted by molar-refractivity contribution is 7.89. The Bertz CT molecular complexity index is 586. The Morgan fingerprint density at radius 3 is 2.62 bits per heavy atom. The van der Waals surface area contributed by atoms with E-state index < -0.39 is 10.0 Å². The van der Waals surface area contributed by atoms with Gasteiger partial charge in [-0.3, -0.25) is 4.90 Å². The van der Waals surface area contributed by atoms with Crippen molar-refractivity contribution in [1.29, 1.82) is 0 Å². The standard InChI is InChI=1S/C14H21ClN2O3S/c1-11(17-6-2-3-7-17)9-16-21(19,20)13-5-4-12(10-18)14(15)8-13/h4-5,8,11,16,18H,2-3,6-7,9-10H2,1H3. The van der Waals surface area contributed by atoms with Crippen LogP contribution in [0.4, 0.5) is 0 Å². The van der Waals surface area contributed by atoms with E-state index in [4.69, 9.17) is 16.7 Å². The second-order valence-corrected chi connectivity index (χ2v) is 7.53. The fraction of sp³-hybridized carbons (Fsp3) is 0.571. The number of rotatable bonds is 6. The number of nitrogens with one attached hydrogen (secondary N) is 1. The van der Waals surface area contributed by atoms with Gasteiger partial charge >= 0.3 is 0 Å². The summed E-state index contributed by atoms with van der Waals surface area (Å²) in [6, 6.07) is 4.53. The van der Waals surface area contributed by atoms with Crippen molar-refractivity contribution in [1.82, 2.24) is 9.62 Å². The van der Waals surface area contributed by atoms with E-state index in [9.17, 15) is 8.42 Å². The molecule has 0 radical (unpaired) electrons. The molecule has 0 spiro atoms. The van der Waals surface area contributed by atoms with E-state index >= 15 is 0 Å². The summed E-state index contributed by atoms with van der Waals surface area (Å²) in [5.74, 6) is 0. The Labute approximate surface area is 131 Å². The molecule has 0 aromatic heterocycles. The number of sulfonamides is 1. The van der Waals surface area contributed by atoms with Crippen LogP contribution in [-0.4, -0.2) is 44.1 Å². The number of halogens is 1. The number of aliphatic hydroxyl groups excluding tert-OH is 1. The first-order valence-corrected chi connectivity index (χ1v) is 8.93. The van der Waals surface area contributed by atoms with Gasteiger partial charge in [-0.1, -0.05) is 17.7 Å². The zero-order chi connectivity index (χ0) is 15.5. The molecular formula is C14H21ClN2O3S. The highest BCUT2D eigenvalue weighted by atomic mass is 35.5. The zero-order valence-electron chi connectivity index (χ0n) is 12.0. The van der Waals surface area contributed by atoms with E-state index in [2.05, 4.69) is 9.62 Å². The van der Waals surface area contributed by atoms with Gasteiger partial charge in [0.05, 0.1) is 11.5 Å². The molecule has 7 heteroatoms. The molecule has 0 amide bonds. The summed E-state index contributed by atoms with van der Waals surface area (Å²) in [5.41, 5.74) is 0.515. The topological polar surface area (TPSA) is 69.6 Å². The fourth-order valence-corrected chi connectivity index (χ4v) is 3.90. The van der Waals surface area contributed by atoms with Crippen LogP contribution >= 0.6 is 11.6 Å². The molecule has 1 aromatic rings. The molecule has 1 heterocycles. The normalized spacial score (nSPS) is 18.0. The van der Waals surface area contributed by atoms with Gasteiger partial charge in [-0.15, -0.1) is 0 Å². The molecule has 0 bridgehead atoms. The lowest BCUT2D eigenvalue weighted by molar-refractivity contribution is 0.260. The first kappa shape index (κ1) is 16.7. The van der Waals surface area contributed by atoms with Gasteiger partial charge in [0, 0.05) is 17.6 Å². The lowest BCUT2D eigenvalue weighted by Crippen LogP contribution is -2.40. The molecular weight excluding hydrogens is 312 g/mol. The highest BCUT2D eigenvalue weighted by Crippen LogP contribution is 2.21. The molecule has 21 heavy (non-hydrogen) atoms. The van der Waals surface area contributed by atoms with E-state index in [0.29, 0.717) is 12.1 Å². The minimum absolute atomic E-state index is 0.123. The van der Waals surface area contributed by atoms with Crippen LogP contribution in [0.5, 0.6) is 0 Å². The minimum Gasteiger partial charge on any atom is -0.392 e. The predicted octanol–water partition coefficient (Wildman–Crippen LogP) is 1.59. The maximum absolute atomic E-state index is 12.3. The summed E-state index contributed by atoms with van der Waals surface area (Å²) in [6.45, 7) is 4.25. The number of hydrogen-bond acceptors (Lipinski definition) is 4. The molecule has 2 rings (SSSR count). The van der Waals surface area contributed by atoms with Crippen molar-refractivity contribution in [3.8, 4) is 0 Å². The van der Waals surface area contributed by atoms with E-state index in [1.54, 1.807) is 0 Å². The Balaban J connectivity index is 2.02. The number of hydrogen-bond donors (Lipinski definition) is 2. The second kappa shape index (κ2) is 7.07. The van der Waals surface area contributed by atoms with Crippen molar-refractivity contribution < 1.29 is 13.5 Å². The van der Waals surface area contributed by atoms with Crippen LogP contribution in [0.3, 0.4) is 0 Å². The lowest BCUT2D eigenvalue weighted by Gasteiger charge is -2.23. The summed E-state index contributed by atoms with van der Waals surface area (Å²) >= 11 is 5.94. The largest absolute Gasteiger partial charge is 0.392 e. The van der Waals surface area contributed by atoms with Gasteiger partial charge in [-0.25, -0.2) is 13.1 Å². The molecule has 5 nitrogen and oxygen atoms in total. The molecule has 1 saturated heterocycles. The molecule has 2 N–H and O–H groups in total. The van der Waals surface area contributed by atoms with Gasteiger partial charge in [0.25, 0.3) is 0 Å². The predicted molar refractivity (Wildman–Crippen MR) is 82.8 cm³/mol. The van der Waals surface area contributed by atoms with Gasteiger partial charge in [-0.2, -0.15) is 0 Å². The van der Waals surface area contributed by atoms with E-state index in [0.717, 1.165) is 13.1 Å². The molecule has 1 aliphatic rings. The van der Waals surface area contributed by atoms with E-state index in [1.165, 1.54) is 31.0 Å². The van der Waals surface area contributed by atoms with Crippen molar-refractivity contribution in [2.24, 2.45) is 0 Å². The summed E-state index contributed by atoms with van der Waals surface area (Å²) in [4.78, 5) is 2.41. The average molecular weight is 333 g/mol. The molecule has 1 aliphatic heterocycles. The maximum Gasteiger partial charge on any atom is 0.240 e. The van der Waals surface area contributed by atoms with Gasteiger partial charge in [0.15, 0.2) is 0 Å². The summed E-state index contributed by atoms with van der Waals surface area (Å²) in [7, 11) is -3.58. The maximum atomic E-state index is 12.3. The third-order valence-corrected chi connectivity index (χ3v) is 5.61. The fourth-order valence-electron chi connectivity index (χ4n) is 2.45. The van der Waals surface area contributed by atoms with Gasteiger partial charge in [-0.05, 0) is 50.6 Å². The van der Waals surface area contributed by atoms with Crippen molar-refractivity contribution in [2.45, 2.75) is 37.3 Å². The van der Waals surface area contributed by atoms with Crippen LogP contribution in [0.1, 0.15) is 25.3 Å². The molecule has 1 atom stereocenters. The van der Waals surface area contributed by atoms with E-state index in [-0.39, 0.29) is 22.6 Å².